The van der Waals surface area contributed by atoms with Crippen LogP contribution in [-0.2, 0) is 51.6 Å². The summed E-state index contributed by atoms with van der Waals surface area (Å²) in [4.78, 5) is 43.1. The first-order chi connectivity index (χ1) is 44.2. The molecule has 93 heavy (non-hydrogen) atoms. The molecule has 2 N–H and O–H groups in total. The molecular formula is C77H105NO13Si2. The number of rotatable bonds is 12. The van der Waals surface area contributed by atoms with Gasteiger partial charge in [0.05, 0.1) is 61.0 Å². The molecule has 1 amide bonds. The second-order valence-corrected chi connectivity index (χ2v) is 39.7. The lowest BCUT2D eigenvalue weighted by Crippen LogP contribution is -2.73. The van der Waals surface area contributed by atoms with Gasteiger partial charge in [-0.05, 0) is 125 Å². The minimum Gasteiger partial charge on any atom is -0.444 e. The van der Waals surface area contributed by atoms with Gasteiger partial charge in [0, 0.05) is 45.1 Å². The zero-order chi connectivity index (χ0) is 66.2. The predicted octanol–water partition coefficient (Wildman–Crippen LogP) is 11.6. The fourth-order valence-electron chi connectivity index (χ4n) is 16.7. The third-order valence-corrected chi connectivity index (χ3v) is 31.4. The van der Waals surface area contributed by atoms with Crippen LogP contribution < -0.4 is 26.1 Å². The molecule has 4 aromatic rings. The summed E-state index contributed by atoms with van der Waals surface area (Å²) in [6.07, 6.45) is -2.15. The highest BCUT2D eigenvalue weighted by atomic mass is 28.4. The fraction of sp³-hybridized carbons (Fsp3) is 0.597. The summed E-state index contributed by atoms with van der Waals surface area (Å²) in [6.45, 7) is 32.5. The van der Waals surface area contributed by atoms with Gasteiger partial charge in [-0.1, -0.05) is 190 Å². The van der Waals surface area contributed by atoms with E-state index in [1.54, 1.807) is 20.8 Å². The van der Waals surface area contributed by atoms with Gasteiger partial charge in [-0.2, -0.15) is 0 Å². The molecule has 0 radical (unpaired) electrons. The number of ketones is 2. The molecule has 3 unspecified atom stereocenters. The van der Waals surface area contributed by atoms with Crippen LogP contribution in [0.4, 0.5) is 4.79 Å². The number of amides is 1. The van der Waals surface area contributed by atoms with Crippen LogP contribution in [-0.4, -0.2) is 143 Å². The van der Waals surface area contributed by atoms with Gasteiger partial charge >= 0.3 is 6.09 Å². The number of fused-ring (bicyclic) bond motifs is 7. The molecule has 0 aromatic heterocycles. The Morgan fingerprint density at radius 2 is 1.08 bits per heavy atom. The normalized spacial score (nSPS) is 33.0. The first-order valence-corrected chi connectivity index (χ1v) is 38.6. The Labute approximate surface area is 555 Å². The van der Waals surface area contributed by atoms with Gasteiger partial charge in [-0.25, -0.2) is 4.79 Å². The quantitative estimate of drug-likeness (QED) is 0.102. The fourth-order valence-corrected chi connectivity index (χ4v) is 26.1. The second-order valence-electron chi connectivity index (χ2n) is 31.2. The molecule has 7 saturated heterocycles. The molecule has 0 spiro atoms. The Bertz CT molecular complexity index is 3120. The number of Topliss-reactive ketones (excluding diaryl/α,β-unsaturated/α-hetero) is 2. The van der Waals surface area contributed by atoms with Crippen LogP contribution in [0.1, 0.15) is 160 Å². The van der Waals surface area contributed by atoms with Crippen molar-refractivity contribution in [1.29, 1.82) is 0 Å². The van der Waals surface area contributed by atoms with E-state index in [0.29, 0.717) is 32.1 Å². The smallest absolute Gasteiger partial charge is 0.407 e. The summed E-state index contributed by atoms with van der Waals surface area (Å²) in [5, 5.41) is 17.8. The summed E-state index contributed by atoms with van der Waals surface area (Å²) in [7, 11) is -6.76. The zero-order valence-electron chi connectivity index (χ0n) is 57.1. The van der Waals surface area contributed by atoms with Crippen molar-refractivity contribution in [3.63, 3.8) is 0 Å². The monoisotopic (exact) mass is 1310 g/mol. The average Bonchev–Trinajstić information content (AvgIpc) is 1.71. The predicted molar refractivity (Wildman–Crippen MR) is 367 cm³/mol. The summed E-state index contributed by atoms with van der Waals surface area (Å²) in [5.74, 6) is -0.0549. The Morgan fingerprint density at radius 1 is 0.559 bits per heavy atom. The number of ether oxygens (including phenoxy) is 7. The Balaban J connectivity index is 0.986. The highest BCUT2D eigenvalue weighted by Crippen LogP contribution is 2.50. The van der Waals surface area contributed by atoms with Crippen LogP contribution in [0.25, 0.3) is 0 Å². The van der Waals surface area contributed by atoms with E-state index in [2.05, 4.69) is 183 Å². The number of hydrogen-bond acceptors (Lipinski definition) is 13. The van der Waals surface area contributed by atoms with E-state index in [9.17, 15) is 9.90 Å². The van der Waals surface area contributed by atoms with Crippen molar-refractivity contribution in [2.45, 2.75) is 267 Å². The number of carbonyl (C=O) groups is 3. The van der Waals surface area contributed by atoms with E-state index < -0.39 is 99.4 Å². The van der Waals surface area contributed by atoms with E-state index in [1.165, 1.54) is 0 Å². The summed E-state index contributed by atoms with van der Waals surface area (Å²) >= 11 is 0. The zero-order valence-corrected chi connectivity index (χ0v) is 59.1. The van der Waals surface area contributed by atoms with Crippen molar-refractivity contribution in [3.8, 4) is 0 Å². The minimum absolute atomic E-state index is 0.0130. The molecular weight excluding hydrogens is 1200 g/mol. The van der Waals surface area contributed by atoms with E-state index >= 15 is 9.59 Å². The number of nitrogens with one attached hydrogen (secondary N) is 1. The number of hydrogen-bond donors (Lipinski definition) is 2. The van der Waals surface area contributed by atoms with Gasteiger partial charge in [0.25, 0.3) is 16.6 Å². The van der Waals surface area contributed by atoms with Crippen molar-refractivity contribution in [1.82, 2.24) is 5.32 Å². The molecule has 7 aliphatic heterocycles. The Morgan fingerprint density at radius 3 is 1.63 bits per heavy atom. The first-order valence-electron chi connectivity index (χ1n) is 34.8. The largest absolute Gasteiger partial charge is 0.444 e. The van der Waals surface area contributed by atoms with Crippen molar-refractivity contribution in [3.05, 3.63) is 146 Å². The molecule has 0 saturated carbocycles. The van der Waals surface area contributed by atoms with Gasteiger partial charge in [0.15, 0.2) is 0 Å². The van der Waals surface area contributed by atoms with Crippen LogP contribution in [0.3, 0.4) is 0 Å². The summed E-state index contributed by atoms with van der Waals surface area (Å²) in [6, 6.07) is 42.5. The molecule has 7 heterocycles. The van der Waals surface area contributed by atoms with E-state index in [1.807, 2.05) is 12.1 Å². The molecule has 4 aromatic carbocycles. The lowest BCUT2D eigenvalue weighted by atomic mass is 9.78. The van der Waals surface area contributed by atoms with Gasteiger partial charge in [-0.15, -0.1) is 0 Å². The van der Waals surface area contributed by atoms with Gasteiger partial charge in [-0.3, -0.25) is 9.59 Å². The van der Waals surface area contributed by atoms with Crippen molar-refractivity contribution in [2.24, 2.45) is 17.8 Å². The van der Waals surface area contributed by atoms with E-state index in [0.717, 1.165) is 51.2 Å². The Kier molecular flexibility index (Phi) is 21.4. The summed E-state index contributed by atoms with van der Waals surface area (Å²) in [5.41, 5.74) is 1.35. The molecule has 14 nitrogen and oxygen atoms in total. The number of benzene rings is 4. The van der Waals surface area contributed by atoms with Crippen LogP contribution in [0.5, 0.6) is 0 Å². The maximum absolute atomic E-state index is 15.3. The lowest BCUT2D eigenvalue weighted by molar-refractivity contribution is -0.254. The highest BCUT2D eigenvalue weighted by molar-refractivity contribution is 7.00. The van der Waals surface area contributed by atoms with Gasteiger partial charge in [0.1, 0.15) is 47.7 Å². The average molecular weight is 1310 g/mol. The van der Waals surface area contributed by atoms with E-state index in [4.69, 9.17) is 42.0 Å². The van der Waals surface area contributed by atoms with Crippen molar-refractivity contribution >= 4 is 55.0 Å². The molecule has 8 bridgehead atoms. The molecule has 0 aliphatic carbocycles. The molecule has 18 atom stereocenters. The molecule has 7 fully saturated rings. The maximum atomic E-state index is 15.3. The van der Waals surface area contributed by atoms with Crippen molar-refractivity contribution < 1.29 is 61.5 Å². The molecule has 16 heteroatoms. The van der Waals surface area contributed by atoms with Crippen LogP contribution in [0, 0.1) is 17.8 Å². The van der Waals surface area contributed by atoms with Crippen LogP contribution in [0.15, 0.2) is 146 Å². The Hall–Kier alpha value is -4.96. The highest BCUT2D eigenvalue weighted by Gasteiger charge is 2.65. The molecule has 7 aliphatic rings. The topological polar surface area (TPSA) is 167 Å². The van der Waals surface area contributed by atoms with Crippen LogP contribution in [0.2, 0.25) is 10.1 Å². The second kappa shape index (κ2) is 28.6. The SMILES string of the molecule is C=C1C[C@@H]2CCC(=O)C[C@H]3O[C@H]4[C@@H](O[Si](c5ccccc5)(c5ccccc5)C(C)(C)C)[C@H]5OC(CC[C@@H]5O[C@H]4[C@H]3O[Si](c3ccccc3)(c3ccccc3)C(C)(C)C)CC(=O)C[C@H]3C(C[C@H]4O[C@@H](CCC1O2)C[C@@H](C)C4=C)O[C@H](C[C@H](O)CNC(=O)OC(C)(C)C)[C@@H]3C. The standard InChI is InChI=1S/C77H105NO13Si2/c1-48-40-56-36-38-63-49(2)41-55(83-63)35-34-52(79)44-68-70(90-92(76(8,9)10,58-26-18-14-19-27-58)59-28-20-15-21-29-59)71-72(88-68)73(91-93(77(11,12)13,60-30-22-16-23-31-60)61-32-24-17-25-33-61)69-64(87-71)39-37-57(85-69)42-53(80)43-62-51(4)65(86-67(62)46-66(84-56)50(48)3)45-54(81)47-78-74(82)89-75(5,6)7/h14-33,48,51,54-57,62-73,81H,2-3,34-47H2,1,4-13H3,(H,78,82)/t48-,51-,54+,55+,56+,57?,62-,63?,64+,65-,66-,67?,68-,69+,70+,71+,72-,73+/m1/s1. The van der Waals surface area contributed by atoms with Crippen LogP contribution >= 0.6 is 0 Å². The third-order valence-electron chi connectivity index (χ3n) is 21.4. The number of aliphatic hydroxyl groups excluding tert-OH is 1. The number of alkyl carbamates (subject to hydrolysis) is 1. The third kappa shape index (κ3) is 15.1. The summed E-state index contributed by atoms with van der Waals surface area (Å²) < 4.78 is 65.8. The minimum atomic E-state index is -3.41. The van der Waals surface area contributed by atoms with Gasteiger partial charge < -0.3 is 52.4 Å². The van der Waals surface area contributed by atoms with E-state index in [-0.39, 0.29) is 98.5 Å². The number of carbonyl (C=O) groups excluding carboxylic acids is 3. The lowest BCUT2D eigenvalue weighted by Gasteiger charge is -2.53. The maximum Gasteiger partial charge on any atom is 0.407 e. The van der Waals surface area contributed by atoms with Gasteiger partial charge in [0.2, 0.25) is 0 Å². The number of aliphatic hydroxyl groups is 1. The molecule has 11 rings (SSSR count). The molecule has 504 valence electrons. The first kappa shape index (κ1) is 69.4. The van der Waals surface area contributed by atoms with Crippen molar-refractivity contribution in [2.75, 3.05) is 6.54 Å².